The predicted molar refractivity (Wildman–Crippen MR) is 103 cm³/mol. The Morgan fingerprint density at radius 3 is 2.15 bits per heavy atom. The third-order valence-electron chi connectivity index (χ3n) is 4.13. The zero-order chi connectivity index (χ0) is 20.0. The molecule has 0 fully saturated rings. The van der Waals surface area contributed by atoms with Crippen molar-refractivity contribution in [3.8, 4) is 5.75 Å². The maximum absolute atomic E-state index is 12.2. The molecule has 2 aromatic carbocycles. The van der Waals surface area contributed by atoms with Gasteiger partial charge in [-0.15, -0.1) is 0 Å². The first-order chi connectivity index (χ1) is 12.8. The molecule has 0 amide bonds. The number of rotatable bonds is 8. The van der Waals surface area contributed by atoms with Gasteiger partial charge < -0.3 is 15.3 Å². The van der Waals surface area contributed by atoms with Gasteiger partial charge in [-0.3, -0.25) is 0 Å². The van der Waals surface area contributed by atoms with Crippen molar-refractivity contribution in [1.82, 2.24) is 4.83 Å². The van der Waals surface area contributed by atoms with Gasteiger partial charge in [-0.05, 0) is 56.5 Å². The lowest BCUT2D eigenvalue weighted by Gasteiger charge is -2.10. The molecule has 0 aromatic heterocycles. The van der Waals surface area contributed by atoms with Crippen LogP contribution in [-0.4, -0.2) is 29.4 Å². The lowest BCUT2D eigenvalue weighted by molar-refractivity contribution is 0.263. The highest BCUT2D eigenvalue weighted by Crippen LogP contribution is 2.25. The zero-order valence-electron chi connectivity index (χ0n) is 15.3. The lowest BCUT2D eigenvalue weighted by Crippen LogP contribution is -2.19. The Morgan fingerprint density at radius 2 is 1.63 bits per heavy atom. The molecule has 0 heterocycles. The van der Waals surface area contributed by atoms with E-state index in [0.717, 1.165) is 11.1 Å². The topological polar surface area (TPSA) is 119 Å². The second kappa shape index (κ2) is 8.98. The molecule has 2 rings (SSSR count). The van der Waals surface area contributed by atoms with Crippen LogP contribution in [0.1, 0.15) is 35.6 Å². The van der Waals surface area contributed by atoms with Crippen LogP contribution in [0.3, 0.4) is 0 Å². The fourth-order valence-corrected chi connectivity index (χ4v) is 3.38. The third-order valence-corrected chi connectivity index (χ3v) is 5.36. The molecule has 0 aliphatic heterocycles. The number of sulfonamides is 1. The van der Waals surface area contributed by atoms with E-state index in [1.807, 2.05) is 6.92 Å². The molecular weight excluding hydrogens is 368 g/mol. The molecule has 4 N–H and O–H groups in total. The van der Waals surface area contributed by atoms with E-state index < -0.39 is 10.0 Å². The molecule has 0 unspecified atom stereocenters. The Balaban J connectivity index is 2.05. The summed E-state index contributed by atoms with van der Waals surface area (Å²) in [5.74, 6) is -0.111. The van der Waals surface area contributed by atoms with E-state index in [1.165, 1.54) is 12.1 Å². The zero-order valence-corrected chi connectivity index (χ0v) is 16.1. The van der Waals surface area contributed by atoms with E-state index >= 15 is 0 Å². The van der Waals surface area contributed by atoms with E-state index in [-0.39, 0.29) is 23.9 Å². The Morgan fingerprint density at radius 1 is 1.07 bits per heavy atom. The maximum Gasteiger partial charge on any atom is 0.276 e. The van der Waals surface area contributed by atoms with Gasteiger partial charge in [0.15, 0.2) is 0 Å². The van der Waals surface area contributed by atoms with Gasteiger partial charge >= 0.3 is 0 Å². The molecule has 2 aromatic rings. The molecule has 146 valence electrons. The highest BCUT2D eigenvalue weighted by molar-refractivity contribution is 7.89. The van der Waals surface area contributed by atoms with Crippen molar-refractivity contribution in [3.63, 3.8) is 0 Å². The average Bonchev–Trinajstić information content (AvgIpc) is 2.65. The van der Waals surface area contributed by atoms with Gasteiger partial charge in [-0.1, -0.05) is 17.7 Å². The summed E-state index contributed by atoms with van der Waals surface area (Å²) in [4.78, 5) is 2.37. The van der Waals surface area contributed by atoms with Crippen molar-refractivity contribution in [2.45, 2.75) is 44.8 Å². The lowest BCUT2D eigenvalue weighted by atomic mass is 10.0. The molecule has 0 saturated carbocycles. The number of aliphatic hydroxyl groups is 2. The summed E-state index contributed by atoms with van der Waals surface area (Å²) in [5.41, 5.74) is 3.02. The van der Waals surface area contributed by atoms with Crippen LogP contribution in [0.4, 0.5) is 0 Å². The highest BCUT2D eigenvalue weighted by Gasteiger charge is 2.13. The first-order valence-electron chi connectivity index (χ1n) is 8.44. The minimum atomic E-state index is -3.72. The molecule has 0 saturated heterocycles. The number of aliphatic hydroxyl groups excluding tert-OH is 2. The van der Waals surface area contributed by atoms with Gasteiger partial charge in [0.1, 0.15) is 5.75 Å². The van der Waals surface area contributed by atoms with Crippen LogP contribution in [0.15, 0.2) is 46.4 Å². The standard InChI is InChI=1S/C19H24N2O5S/c1-13-3-7-18(8-4-13)27(25,26)21-20-14(2)5-6-15-9-16(11-22)19(24)17(10-15)12-23/h3-4,7-10,21-24H,5-6,11-12H2,1-2H3/b20-14-. The van der Waals surface area contributed by atoms with Crippen molar-refractivity contribution < 1.29 is 23.7 Å². The summed E-state index contributed by atoms with van der Waals surface area (Å²) < 4.78 is 24.5. The monoisotopic (exact) mass is 392 g/mol. The molecule has 0 aliphatic carbocycles. The maximum atomic E-state index is 12.2. The molecule has 0 atom stereocenters. The van der Waals surface area contributed by atoms with Crippen LogP contribution in [0, 0.1) is 6.92 Å². The summed E-state index contributed by atoms with van der Waals surface area (Å²) in [5, 5.41) is 32.4. The van der Waals surface area contributed by atoms with Gasteiger partial charge in [-0.25, -0.2) is 4.83 Å². The molecule has 27 heavy (non-hydrogen) atoms. The molecule has 8 heteroatoms. The summed E-state index contributed by atoms with van der Waals surface area (Å²) >= 11 is 0. The molecule has 0 aliphatic rings. The summed E-state index contributed by atoms with van der Waals surface area (Å²) in [6.45, 7) is 2.91. The number of aromatic hydroxyl groups is 1. The molecule has 7 nitrogen and oxygen atoms in total. The molecule has 0 bridgehead atoms. The fraction of sp³-hybridized carbons (Fsp3) is 0.316. The first-order valence-corrected chi connectivity index (χ1v) is 9.92. The third kappa shape index (κ3) is 5.53. The first kappa shape index (κ1) is 20.9. The number of hydrogen-bond donors (Lipinski definition) is 4. The van der Waals surface area contributed by atoms with Gasteiger partial charge in [0, 0.05) is 16.8 Å². The van der Waals surface area contributed by atoms with E-state index in [2.05, 4.69) is 9.93 Å². The van der Waals surface area contributed by atoms with Crippen LogP contribution in [-0.2, 0) is 29.7 Å². The Bertz CT molecular complexity index is 897. The van der Waals surface area contributed by atoms with Crippen LogP contribution in [0.2, 0.25) is 0 Å². The quantitative estimate of drug-likeness (QED) is 0.404. The number of hydrazone groups is 1. The van der Waals surface area contributed by atoms with Crippen LogP contribution in [0.25, 0.3) is 0 Å². The summed E-state index contributed by atoms with van der Waals surface area (Å²) in [6.07, 6.45) is 0.985. The Labute approximate surface area is 159 Å². The number of aryl methyl sites for hydroxylation is 2. The number of hydrogen-bond acceptors (Lipinski definition) is 6. The van der Waals surface area contributed by atoms with Crippen molar-refractivity contribution in [1.29, 1.82) is 0 Å². The van der Waals surface area contributed by atoms with Crippen molar-refractivity contribution >= 4 is 15.7 Å². The minimum absolute atomic E-state index is 0.111. The second-order valence-electron chi connectivity index (χ2n) is 6.33. The predicted octanol–water partition coefficient (Wildman–Crippen LogP) is 1.97. The van der Waals surface area contributed by atoms with Crippen molar-refractivity contribution in [3.05, 3.63) is 58.7 Å². The second-order valence-corrected chi connectivity index (χ2v) is 7.99. The van der Waals surface area contributed by atoms with Crippen molar-refractivity contribution in [2.24, 2.45) is 5.10 Å². The summed E-state index contributed by atoms with van der Waals surface area (Å²) in [6, 6.07) is 9.77. The van der Waals surface area contributed by atoms with Gasteiger partial charge in [0.25, 0.3) is 10.0 Å². The summed E-state index contributed by atoms with van der Waals surface area (Å²) in [7, 11) is -3.72. The smallest absolute Gasteiger partial charge is 0.276 e. The number of benzene rings is 2. The van der Waals surface area contributed by atoms with Crippen LogP contribution >= 0.6 is 0 Å². The van der Waals surface area contributed by atoms with E-state index in [0.29, 0.717) is 29.7 Å². The van der Waals surface area contributed by atoms with E-state index in [1.54, 1.807) is 31.2 Å². The fourth-order valence-electron chi connectivity index (χ4n) is 2.51. The SMILES string of the molecule is C/C(CCc1cc(CO)c(O)c(CO)c1)=N/NS(=O)(=O)c1ccc(C)cc1. The van der Waals surface area contributed by atoms with Gasteiger partial charge in [-0.2, -0.15) is 13.5 Å². The normalized spacial score (nSPS) is 12.2. The van der Waals surface area contributed by atoms with E-state index in [9.17, 15) is 23.7 Å². The number of nitrogens with zero attached hydrogens (tertiary/aromatic N) is 1. The Kier molecular flexibility index (Phi) is 6.95. The number of nitrogens with one attached hydrogen (secondary N) is 1. The molecule has 0 radical (unpaired) electrons. The Hall–Kier alpha value is -2.42. The van der Waals surface area contributed by atoms with Crippen molar-refractivity contribution in [2.75, 3.05) is 0 Å². The van der Waals surface area contributed by atoms with Crippen LogP contribution in [0.5, 0.6) is 5.75 Å². The van der Waals surface area contributed by atoms with Gasteiger partial charge in [0.05, 0.1) is 18.1 Å². The average molecular weight is 392 g/mol. The van der Waals surface area contributed by atoms with Gasteiger partial charge in [0.2, 0.25) is 0 Å². The van der Waals surface area contributed by atoms with E-state index in [4.69, 9.17) is 0 Å². The minimum Gasteiger partial charge on any atom is -0.507 e. The number of phenols is 1. The highest BCUT2D eigenvalue weighted by atomic mass is 32.2. The largest absolute Gasteiger partial charge is 0.507 e. The van der Waals surface area contributed by atoms with Crippen LogP contribution < -0.4 is 4.83 Å². The molecule has 0 spiro atoms. The molecular formula is C19H24N2O5S.